The Morgan fingerprint density at radius 1 is 1.54 bits per heavy atom. The Kier molecular flexibility index (Phi) is 2.38. The molecule has 0 amide bonds. The van der Waals surface area contributed by atoms with Crippen LogP contribution in [0.15, 0.2) is 24.4 Å². The van der Waals surface area contributed by atoms with E-state index in [1.165, 1.54) is 5.57 Å². The number of aliphatic hydroxyl groups is 1. The second-order valence-electron chi connectivity index (χ2n) is 3.05. The predicted octanol–water partition coefficient (Wildman–Crippen LogP) is 0.560. The molecule has 2 rings (SSSR count). The highest BCUT2D eigenvalue weighted by atomic mass is 16.3. The topological polar surface area (TPSA) is 45.1 Å². The first kappa shape index (κ1) is 8.41. The van der Waals surface area contributed by atoms with Crippen LogP contribution in [0.5, 0.6) is 0 Å². The smallest absolute Gasteiger partial charge is 0.0853 e. The van der Waals surface area contributed by atoms with E-state index in [1.807, 2.05) is 12.1 Å². The third-order valence-electron chi connectivity index (χ3n) is 2.16. The fourth-order valence-corrected chi connectivity index (χ4v) is 1.46. The molecule has 3 nitrogen and oxygen atoms in total. The third kappa shape index (κ3) is 1.76. The molecular formula is C10H12N2O. The molecule has 13 heavy (non-hydrogen) atoms. The molecule has 1 aromatic rings. The van der Waals surface area contributed by atoms with Crippen LogP contribution in [-0.4, -0.2) is 23.2 Å². The van der Waals surface area contributed by atoms with Crippen molar-refractivity contribution in [2.75, 3.05) is 13.1 Å². The molecule has 2 heterocycles. The minimum Gasteiger partial charge on any atom is -0.390 e. The molecule has 0 radical (unpaired) electrons. The summed E-state index contributed by atoms with van der Waals surface area (Å²) >= 11 is 0. The van der Waals surface area contributed by atoms with E-state index in [0.717, 1.165) is 24.3 Å². The number of hydrogen-bond donors (Lipinski definition) is 2. The lowest BCUT2D eigenvalue weighted by Crippen LogP contribution is -2.07. The monoisotopic (exact) mass is 176 g/mol. The van der Waals surface area contributed by atoms with Crippen molar-refractivity contribution in [2.24, 2.45) is 0 Å². The zero-order chi connectivity index (χ0) is 9.10. The molecular weight excluding hydrogens is 164 g/mol. The molecule has 0 spiro atoms. The summed E-state index contributed by atoms with van der Waals surface area (Å²) in [6, 6.07) is 3.90. The Hall–Kier alpha value is -1.19. The van der Waals surface area contributed by atoms with E-state index in [9.17, 15) is 0 Å². The molecule has 2 N–H and O–H groups in total. The van der Waals surface area contributed by atoms with Gasteiger partial charge in [0.25, 0.3) is 0 Å². The molecule has 3 heteroatoms. The van der Waals surface area contributed by atoms with Crippen LogP contribution in [0.1, 0.15) is 11.3 Å². The fraction of sp³-hybridized carbons (Fsp3) is 0.300. The van der Waals surface area contributed by atoms with Gasteiger partial charge in [-0.05, 0) is 23.3 Å². The number of aromatic nitrogens is 1. The van der Waals surface area contributed by atoms with Crippen molar-refractivity contribution in [1.82, 2.24) is 10.3 Å². The number of rotatable bonds is 2. The van der Waals surface area contributed by atoms with Crippen LogP contribution in [0.3, 0.4) is 0 Å². The Balaban J connectivity index is 2.29. The van der Waals surface area contributed by atoms with Gasteiger partial charge >= 0.3 is 0 Å². The van der Waals surface area contributed by atoms with Crippen molar-refractivity contribution >= 4 is 5.57 Å². The summed E-state index contributed by atoms with van der Waals surface area (Å²) in [6.07, 6.45) is 3.90. The van der Waals surface area contributed by atoms with E-state index in [1.54, 1.807) is 6.20 Å². The maximum absolute atomic E-state index is 8.91. The van der Waals surface area contributed by atoms with Gasteiger partial charge in [-0.15, -0.1) is 0 Å². The summed E-state index contributed by atoms with van der Waals surface area (Å²) in [5.74, 6) is 0. The molecule has 1 aliphatic rings. The second kappa shape index (κ2) is 3.68. The summed E-state index contributed by atoms with van der Waals surface area (Å²) in [5, 5.41) is 12.1. The molecule has 0 atom stereocenters. The lowest BCUT2D eigenvalue weighted by Gasteiger charge is -2.02. The SMILES string of the molecule is OCc1cc(C2=CCNC2)ccn1. The Morgan fingerprint density at radius 3 is 3.15 bits per heavy atom. The highest BCUT2D eigenvalue weighted by Gasteiger charge is 2.06. The van der Waals surface area contributed by atoms with Gasteiger partial charge in [0.1, 0.15) is 0 Å². The van der Waals surface area contributed by atoms with Gasteiger partial charge in [0.05, 0.1) is 12.3 Å². The summed E-state index contributed by atoms with van der Waals surface area (Å²) in [6.45, 7) is 1.86. The highest BCUT2D eigenvalue weighted by Crippen LogP contribution is 2.16. The van der Waals surface area contributed by atoms with Gasteiger partial charge < -0.3 is 10.4 Å². The summed E-state index contributed by atoms with van der Waals surface area (Å²) in [7, 11) is 0. The molecule has 0 fully saturated rings. The molecule has 0 saturated carbocycles. The van der Waals surface area contributed by atoms with Gasteiger partial charge in [-0.1, -0.05) is 6.08 Å². The standard InChI is InChI=1S/C10H12N2O/c13-7-10-5-8(2-4-12-10)9-1-3-11-6-9/h1-2,4-5,11,13H,3,6-7H2. The van der Waals surface area contributed by atoms with E-state index < -0.39 is 0 Å². The Morgan fingerprint density at radius 2 is 2.46 bits per heavy atom. The van der Waals surface area contributed by atoms with Gasteiger partial charge in [0.15, 0.2) is 0 Å². The molecule has 1 aliphatic heterocycles. The average molecular weight is 176 g/mol. The summed E-state index contributed by atoms with van der Waals surface area (Å²) in [5.41, 5.74) is 3.17. The number of nitrogens with zero attached hydrogens (tertiary/aromatic N) is 1. The number of aliphatic hydroxyl groups excluding tert-OH is 1. The van der Waals surface area contributed by atoms with Gasteiger partial charge in [-0.3, -0.25) is 4.98 Å². The van der Waals surface area contributed by atoms with E-state index in [2.05, 4.69) is 16.4 Å². The van der Waals surface area contributed by atoms with E-state index in [4.69, 9.17) is 5.11 Å². The molecule has 0 bridgehead atoms. The van der Waals surface area contributed by atoms with E-state index in [-0.39, 0.29) is 6.61 Å². The lowest BCUT2D eigenvalue weighted by atomic mass is 10.1. The van der Waals surface area contributed by atoms with Crippen molar-refractivity contribution in [3.05, 3.63) is 35.7 Å². The van der Waals surface area contributed by atoms with Crippen LogP contribution in [0.25, 0.3) is 5.57 Å². The fourth-order valence-electron chi connectivity index (χ4n) is 1.46. The van der Waals surface area contributed by atoms with Crippen LogP contribution in [0.2, 0.25) is 0 Å². The van der Waals surface area contributed by atoms with Crippen molar-refractivity contribution < 1.29 is 5.11 Å². The third-order valence-corrected chi connectivity index (χ3v) is 2.16. The summed E-state index contributed by atoms with van der Waals surface area (Å²) in [4.78, 5) is 4.03. The van der Waals surface area contributed by atoms with Crippen LogP contribution >= 0.6 is 0 Å². The van der Waals surface area contributed by atoms with Gasteiger partial charge in [0, 0.05) is 19.3 Å². The molecule has 0 aromatic carbocycles. The number of nitrogens with one attached hydrogen (secondary N) is 1. The largest absolute Gasteiger partial charge is 0.390 e. The van der Waals surface area contributed by atoms with E-state index in [0.29, 0.717) is 0 Å². The van der Waals surface area contributed by atoms with Gasteiger partial charge in [0.2, 0.25) is 0 Å². The lowest BCUT2D eigenvalue weighted by molar-refractivity contribution is 0.277. The maximum Gasteiger partial charge on any atom is 0.0853 e. The first-order valence-electron chi connectivity index (χ1n) is 4.36. The zero-order valence-corrected chi connectivity index (χ0v) is 7.33. The normalized spacial score (nSPS) is 15.9. The zero-order valence-electron chi connectivity index (χ0n) is 7.33. The van der Waals surface area contributed by atoms with E-state index >= 15 is 0 Å². The quantitative estimate of drug-likeness (QED) is 0.692. The minimum atomic E-state index is 0.00848. The number of hydrogen-bond acceptors (Lipinski definition) is 3. The van der Waals surface area contributed by atoms with Crippen LogP contribution in [-0.2, 0) is 6.61 Å². The summed E-state index contributed by atoms with van der Waals surface area (Å²) < 4.78 is 0. The highest BCUT2D eigenvalue weighted by molar-refractivity contribution is 5.68. The molecule has 1 aromatic heterocycles. The first-order chi connectivity index (χ1) is 6.40. The van der Waals surface area contributed by atoms with Gasteiger partial charge in [-0.25, -0.2) is 0 Å². The van der Waals surface area contributed by atoms with Gasteiger partial charge in [-0.2, -0.15) is 0 Å². The maximum atomic E-state index is 8.91. The van der Waals surface area contributed by atoms with Crippen molar-refractivity contribution in [3.8, 4) is 0 Å². The Bertz CT molecular complexity index is 333. The van der Waals surface area contributed by atoms with Crippen LogP contribution in [0, 0.1) is 0 Å². The van der Waals surface area contributed by atoms with Crippen LogP contribution in [0.4, 0.5) is 0 Å². The molecule has 0 unspecified atom stereocenters. The van der Waals surface area contributed by atoms with Crippen molar-refractivity contribution in [1.29, 1.82) is 0 Å². The average Bonchev–Trinajstić information content (AvgIpc) is 2.71. The second-order valence-corrected chi connectivity index (χ2v) is 3.05. The number of pyridine rings is 1. The van der Waals surface area contributed by atoms with Crippen molar-refractivity contribution in [2.45, 2.75) is 6.61 Å². The predicted molar refractivity (Wildman–Crippen MR) is 51.0 cm³/mol. The Labute approximate surface area is 77.1 Å². The van der Waals surface area contributed by atoms with Crippen LogP contribution < -0.4 is 5.32 Å². The molecule has 0 saturated heterocycles. The van der Waals surface area contributed by atoms with Crippen molar-refractivity contribution in [3.63, 3.8) is 0 Å². The minimum absolute atomic E-state index is 0.00848. The molecule has 68 valence electrons. The first-order valence-corrected chi connectivity index (χ1v) is 4.36. The molecule has 0 aliphatic carbocycles.